The van der Waals surface area contributed by atoms with Crippen molar-refractivity contribution < 1.29 is 13.9 Å². The first-order valence-electron chi connectivity index (χ1n) is 5.48. The van der Waals surface area contributed by atoms with Gasteiger partial charge in [-0.05, 0) is 48.7 Å². The summed E-state index contributed by atoms with van der Waals surface area (Å²) >= 11 is 5.82. The van der Waals surface area contributed by atoms with E-state index < -0.39 is 0 Å². The Kier molecular flexibility index (Phi) is 3.43. The van der Waals surface area contributed by atoms with E-state index in [0.717, 1.165) is 11.1 Å². The number of rotatable bonds is 3. The van der Waals surface area contributed by atoms with Gasteiger partial charge in [-0.25, -0.2) is 0 Å². The zero-order valence-corrected chi connectivity index (χ0v) is 11.2. The van der Waals surface area contributed by atoms with Gasteiger partial charge in [0, 0.05) is 0 Å². The van der Waals surface area contributed by atoms with Crippen molar-refractivity contribution in [1.82, 2.24) is 0 Å². The zero-order chi connectivity index (χ0) is 13.3. The second-order valence-electron chi connectivity index (χ2n) is 4.03. The van der Waals surface area contributed by atoms with Crippen LogP contribution in [0, 0.1) is 13.8 Å². The molecule has 1 heterocycles. The van der Waals surface area contributed by atoms with Gasteiger partial charge in [-0.15, -0.1) is 0 Å². The first kappa shape index (κ1) is 12.7. The summed E-state index contributed by atoms with van der Waals surface area (Å²) < 4.78 is 10.3. The van der Waals surface area contributed by atoms with Crippen molar-refractivity contribution in [2.75, 3.05) is 7.11 Å². The number of furan rings is 1. The fourth-order valence-corrected chi connectivity index (χ4v) is 2.03. The molecule has 4 heteroatoms. The van der Waals surface area contributed by atoms with Crippen LogP contribution >= 0.6 is 11.6 Å². The summed E-state index contributed by atoms with van der Waals surface area (Å²) in [7, 11) is 1.55. The highest BCUT2D eigenvalue weighted by Crippen LogP contribution is 2.30. The van der Waals surface area contributed by atoms with E-state index in [-0.39, 0.29) is 11.0 Å². The van der Waals surface area contributed by atoms with Gasteiger partial charge in [-0.3, -0.25) is 4.79 Å². The number of carbonyl (C=O) groups is 1. The molecule has 0 aliphatic carbocycles. The minimum atomic E-state index is -0.200. The Hall–Kier alpha value is -1.74. The summed E-state index contributed by atoms with van der Waals surface area (Å²) in [5, 5.41) is 0.0975. The van der Waals surface area contributed by atoms with Crippen molar-refractivity contribution in [3.8, 4) is 5.75 Å². The van der Waals surface area contributed by atoms with E-state index in [1.807, 2.05) is 19.9 Å². The maximum Gasteiger partial charge on any atom is 0.204 e. The van der Waals surface area contributed by atoms with Crippen LogP contribution in [0.2, 0.25) is 5.22 Å². The number of halogens is 1. The van der Waals surface area contributed by atoms with Gasteiger partial charge < -0.3 is 9.15 Å². The molecule has 0 bridgehead atoms. The quantitative estimate of drug-likeness (QED) is 0.792. The minimum Gasteiger partial charge on any atom is -0.496 e. The topological polar surface area (TPSA) is 39.4 Å². The summed E-state index contributed by atoms with van der Waals surface area (Å²) in [5.41, 5.74) is 2.85. The third kappa shape index (κ3) is 2.02. The highest BCUT2D eigenvalue weighted by atomic mass is 35.5. The molecule has 0 amide bonds. The minimum absolute atomic E-state index is 0.0975. The molecule has 0 N–H and O–H groups in total. The lowest BCUT2D eigenvalue weighted by Gasteiger charge is -2.12. The van der Waals surface area contributed by atoms with Crippen molar-refractivity contribution in [3.05, 3.63) is 51.9 Å². The molecule has 0 atom stereocenters. The fourth-order valence-electron chi connectivity index (χ4n) is 1.83. The number of ether oxygens (including phenoxy) is 1. The van der Waals surface area contributed by atoms with E-state index in [1.165, 1.54) is 6.26 Å². The lowest BCUT2D eigenvalue weighted by atomic mass is 9.99. The van der Waals surface area contributed by atoms with Crippen LogP contribution < -0.4 is 4.74 Å². The number of hydrogen-bond acceptors (Lipinski definition) is 3. The summed E-state index contributed by atoms with van der Waals surface area (Å²) in [6.07, 6.45) is 1.39. The number of carbonyl (C=O) groups excluding carboxylic acids is 1. The first-order valence-corrected chi connectivity index (χ1v) is 5.86. The highest BCUT2D eigenvalue weighted by Gasteiger charge is 2.20. The van der Waals surface area contributed by atoms with Crippen LogP contribution in [0.5, 0.6) is 5.75 Å². The number of aryl methyl sites for hydroxylation is 1. The summed E-state index contributed by atoms with van der Waals surface area (Å²) in [6, 6.07) is 5.19. The Morgan fingerprint density at radius 3 is 2.50 bits per heavy atom. The van der Waals surface area contributed by atoms with Gasteiger partial charge in [-0.1, -0.05) is 6.07 Å². The predicted octanol–water partition coefficient (Wildman–Crippen LogP) is 3.79. The van der Waals surface area contributed by atoms with Crippen molar-refractivity contribution in [2.45, 2.75) is 13.8 Å². The molecule has 0 unspecified atom stereocenters. The van der Waals surface area contributed by atoms with E-state index >= 15 is 0 Å². The van der Waals surface area contributed by atoms with E-state index in [1.54, 1.807) is 19.2 Å². The molecule has 0 fully saturated rings. The Labute approximate surface area is 110 Å². The van der Waals surface area contributed by atoms with Crippen LogP contribution in [0.4, 0.5) is 0 Å². The molecule has 0 saturated heterocycles. The van der Waals surface area contributed by atoms with Crippen LogP contribution in [-0.2, 0) is 0 Å². The largest absolute Gasteiger partial charge is 0.496 e. The average Bonchev–Trinajstić information content (AvgIpc) is 2.78. The molecule has 94 valence electrons. The van der Waals surface area contributed by atoms with Crippen LogP contribution in [0.25, 0.3) is 0 Å². The molecular formula is C14H13ClO3. The summed E-state index contributed by atoms with van der Waals surface area (Å²) in [5.74, 6) is 0.381. The van der Waals surface area contributed by atoms with Gasteiger partial charge in [0.1, 0.15) is 5.75 Å². The number of hydrogen-bond donors (Lipinski definition) is 0. The normalized spacial score (nSPS) is 10.4. The molecule has 0 radical (unpaired) electrons. The molecule has 1 aromatic heterocycles. The van der Waals surface area contributed by atoms with Crippen molar-refractivity contribution in [1.29, 1.82) is 0 Å². The van der Waals surface area contributed by atoms with Crippen LogP contribution in [0.1, 0.15) is 27.0 Å². The Morgan fingerprint density at radius 2 is 1.94 bits per heavy atom. The van der Waals surface area contributed by atoms with Crippen LogP contribution in [-0.4, -0.2) is 12.9 Å². The third-order valence-corrected chi connectivity index (χ3v) is 3.28. The van der Waals surface area contributed by atoms with Gasteiger partial charge in [0.25, 0.3) is 0 Å². The Bertz CT molecular complexity index is 599. The molecule has 0 spiro atoms. The Balaban J connectivity index is 2.56. The van der Waals surface area contributed by atoms with E-state index in [9.17, 15) is 4.79 Å². The van der Waals surface area contributed by atoms with E-state index in [2.05, 4.69) is 0 Å². The monoisotopic (exact) mass is 264 g/mol. The maximum absolute atomic E-state index is 12.3. The molecular weight excluding hydrogens is 252 g/mol. The molecule has 0 saturated carbocycles. The number of ketones is 1. The van der Waals surface area contributed by atoms with Crippen molar-refractivity contribution in [3.63, 3.8) is 0 Å². The Morgan fingerprint density at radius 1 is 1.22 bits per heavy atom. The molecule has 18 heavy (non-hydrogen) atoms. The molecule has 3 nitrogen and oxygen atoms in total. The van der Waals surface area contributed by atoms with Crippen LogP contribution in [0.3, 0.4) is 0 Å². The number of methoxy groups -OCH3 is 1. The molecule has 0 aliphatic heterocycles. The first-order chi connectivity index (χ1) is 8.56. The van der Waals surface area contributed by atoms with Gasteiger partial charge in [0.05, 0.1) is 24.5 Å². The second-order valence-corrected chi connectivity index (χ2v) is 4.37. The summed E-state index contributed by atoms with van der Waals surface area (Å²) in [6.45, 7) is 3.89. The van der Waals surface area contributed by atoms with Gasteiger partial charge in [0.2, 0.25) is 11.0 Å². The van der Waals surface area contributed by atoms with Gasteiger partial charge in [0.15, 0.2) is 0 Å². The lowest BCUT2D eigenvalue weighted by Crippen LogP contribution is -2.05. The predicted molar refractivity (Wildman–Crippen MR) is 69.6 cm³/mol. The van der Waals surface area contributed by atoms with Crippen molar-refractivity contribution in [2.24, 2.45) is 0 Å². The van der Waals surface area contributed by atoms with Crippen LogP contribution in [0.15, 0.2) is 28.9 Å². The maximum atomic E-state index is 12.3. The van der Waals surface area contributed by atoms with E-state index in [4.69, 9.17) is 20.8 Å². The van der Waals surface area contributed by atoms with E-state index in [0.29, 0.717) is 16.9 Å². The number of benzene rings is 1. The SMILES string of the molecule is COc1c(C(=O)c2ccoc2Cl)ccc(C)c1C. The van der Waals surface area contributed by atoms with Gasteiger partial charge in [-0.2, -0.15) is 0 Å². The average molecular weight is 265 g/mol. The highest BCUT2D eigenvalue weighted by molar-refractivity contribution is 6.33. The lowest BCUT2D eigenvalue weighted by molar-refractivity contribution is 0.103. The fraction of sp³-hybridized carbons (Fsp3) is 0.214. The molecule has 2 rings (SSSR count). The molecule has 1 aromatic carbocycles. The zero-order valence-electron chi connectivity index (χ0n) is 10.4. The summed E-state index contributed by atoms with van der Waals surface area (Å²) in [4.78, 5) is 12.3. The van der Waals surface area contributed by atoms with Gasteiger partial charge >= 0.3 is 0 Å². The molecule has 0 aliphatic rings. The standard InChI is InChI=1S/C14H13ClO3/c1-8-4-5-10(13(17-3)9(8)2)12(16)11-6-7-18-14(11)15/h4-7H,1-3H3. The molecule has 2 aromatic rings. The third-order valence-electron chi connectivity index (χ3n) is 2.99. The second kappa shape index (κ2) is 4.86. The smallest absolute Gasteiger partial charge is 0.204 e. The van der Waals surface area contributed by atoms with Crippen molar-refractivity contribution >= 4 is 17.4 Å².